The monoisotopic (exact) mass is 544 g/mol. The number of para-hydroxylation sites is 1. The van der Waals surface area contributed by atoms with Crippen molar-refractivity contribution in [2.24, 2.45) is 5.92 Å². The molecule has 0 aromatic heterocycles. The van der Waals surface area contributed by atoms with E-state index in [4.69, 9.17) is 4.74 Å². The number of nitrogens with one attached hydrogen (secondary N) is 3. The van der Waals surface area contributed by atoms with Crippen LogP contribution in [-0.4, -0.2) is 68.5 Å². The van der Waals surface area contributed by atoms with Crippen LogP contribution in [-0.2, 0) is 20.8 Å². The van der Waals surface area contributed by atoms with E-state index in [1.165, 1.54) is 17.0 Å². The number of amides is 3. The van der Waals surface area contributed by atoms with Crippen LogP contribution in [0.4, 0.5) is 4.39 Å². The Balaban J connectivity index is 0.000000641. The maximum Gasteiger partial charge on any atom is 0.240 e. The first-order chi connectivity index (χ1) is 18.7. The Morgan fingerprint density at radius 1 is 0.949 bits per heavy atom. The van der Waals surface area contributed by atoms with Gasteiger partial charge in [0.05, 0.1) is 19.1 Å². The number of hydrogen-bond acceptors (Lipinski definition) is 5. The van der Waals surface area contributed by atoms with Crippen molar-refractivity contribution >= 4 is 17.7 Å². The lowest BCUT2D eigenvalue weighted by Crippen LogP contribution is -2.51. The number of carbonyl (C=O) groups excluding carboxylic acids is 3. The molecule has 0 fully saturated rings. The Morgan fingerprint density at radius 3 is 2.26 bits per heavy atom. The fourth-order valence-electron chi connectivity index (χ4n) is 3.70. The molecule has 9 heteroatoms. The van der Waals surface area contributed by atoms with Crippen LogP contribution in [0.5, 0.6) is 5.75 Å². The first kappa shape index (κ1) is 33.6. The Kier molecular flexibility index (Phi) is 16.1. The first-order valence-electron chi connectivity index (χ1n) is 13.6. The van der Waals surface area contributed by atoms with Crippen molar-refractivity contribution in [3.63, 3.8) is 0 Å². The average molecular weight is 545 g/mol. The largest absolute Gasteiger partial charge is 0.492 e. The van der Waals surface area contributed by atoms with Crippen LogP contribution in [0.2, 0.25) is 0 Å². The Hall–Kier alpha value is -3.46. The second-order valence-corrected chi connectivity index (χ2v) is 9.35. The number of aryl methyl sites for hydroxylation is 2. The third-order valence-corrected chi connectivity index (χ3v) is 5.79. The third-order valence-electron chi connectivity index (χ3n) is 5.79. The molecule has 0 radical (unpaired) electrons. The van der Waals surface area contributed by atoms with E-state index < -0.39 is 6.04 Å². The molecular weight excluding hydrogens is 499 g/mol. The van der Waals surface area contributed by atoms with E-state index in [0.29, 0.717) is 19.7 Å². The highest BCUT2D eigenvalue weighted by Crippen LogP contribution is 2.19. The van der Waals surface area contributed by atoms with Crippen LogP contribution in [0.3, 0.4) is 0 Å². The van der Waals surface area contributed by atoms with Crippen molar-refractivity contribution in [1.29, 1.82) is 0 Å². The van der Waals surface area contributed by atoms with E-state index in [2.05, 4.69) is 16.0 Å². The molecule has 0 spiro atoms. The molecule has 3 N–H and O–H groups in total. The number of likely N-dealkylation sites (N-methyl/N-ethyl adjacent to an activating group) is 1. The quantitative estimate of drug-likeness (QED) is 0.511. The molecule has 2 aromatic rings. The maximum absolute atomic E-state index is 12.8. The number of rotatable bonds is 1. The van der Waals surface area contributed by atoms with Gasteiger partial charge in [0.25, 0.3) is 0 Å². The summed E-state index contributed by atoms with van der Waals surface area (Å²) in [5.74, 6) is -0.0801. The van der Waals surface area contributed by atoms with E-state index in [1.807, 2.05) is 58.9 Å². The van der Waals surface area contributed by atoms with E-state index in [1.54, 1.807) is 19.2 Å². The first-order valence-corrected chi connectivity index (χ1v) is 13.6. The summed E-state index contributed by atoms with van der Waals surface area (Å²) < 4.78 is 18.0. The molecule has 1 aliphatic rings. The molecule has 3 amide bonds. The molecule has 39 heavy (non-hydrogen) atoms. The van der Waals surface area contributed by atoms with Crippen LogP contribution < -0.4 is 20.7 Å². The number of carbonyl (C=O) groups is 3. The van der Waals surface area contributed by atoms with Gasteiger partial charge in [-0.3, -0.25) is 14.4 Å². The lowest BCUT2D eigenvalue weighted by atomic mass is 10.0. The van der Waals surface area contributed by atoms with Crippen molar-refractivity contribution in [2.75, 3.05) is 39.8 Å². The van der Waals surface area contributed by atoms with Gasteiger partial charge in [-0.15, -0.1) is 0 Å². The van der Waals surface area contributed by atoms with Gasteiger partial charge >= 0.3 is 0 Å². The van der Waals surface area contributed by atoms with E-state index in [9.17, 15) is 18.8 Å². The highest BCUT2D eigenvalue weighted by molar-refractivity contribution is 5.89. The summed E-state index contributed by atoms with van der Waals surface area (Å²) in [6.45, 7) is 11.1. The Morgan fingerprint density at radius 2 is 1.62 bits per heavy atom. The highest BCUT2D eigenvalue weighted by atomic mass is 19.1. The molecule has 0 saturated heterocycles. The average Bonchev–Trinajstić information content (AvgIpc) is 2.92. The molecule has 1 unspecified atom stereocenters. The number of nitrogens with zero attached hydrogens (tertiary/aromatic N) is 1. The van der Waals surface area contributed by atoms with Crippen LogP contribution in [0.25, 0.3) is 0 Å². The van der Waals surface area contributed by atoms with Crippen molar-refractivity contribution in [3.05, 3.63) is 65.5 Å². The van der Waals surface area contributed by atoms with E-state index >= 15 is 0 Å². The molecule has 0 bridgehead atoms. The summed E-state index contributed by atoms with van der Waals surface area (Å²) in [7, 11) is 1.59. The van der Waals surface area contributed by atoms with Gasteiger partial charge in [-0.1, -0.05) is 63.6 Å². The van der Waals surface area contributed by atoms with Crippen LogP contribution in [0.15, 0.2) is 48.5 Å². The maximum atomic E-state index is 12.8. The molecule has 0 saturated carbocycles. The van der Waals surface area contributed by atoms with Gasteiger partial charge in [0.1, 0.15) is 18.2 Å². The number of hydrogen-bond donors (Lipinski definition) is 3. The summed E-state index contributed by atoms with van der Waals surface area (Å²) in [6, 6.07) is 13.8. The molecule has 3 rings (SSSR count). The van der Waals surface area contributed by atoms with Gasteiger partial charge < -0.3 is 25.6 Å². The van der Waals surface area contributed by atoms with Gasteiger partial charge in [-0.25, -0.2) is 4.39 Å². The third kappa shape index (κ3) is 13.2. The smallest absolute Gasteiger partial charge is 0.240 e. The van der Waals surface area contributed by atoms with Gasteiger partial charge in [-0.05, 0) is 49.4 Å². The van der Waals surface area contributed by atoms with Gasteiger partial charge in [0, 0.05) is 20.1 Å². The standard InChI is InChI=1S/C21H32N4O4.C7H7F.C2H6/c1-15(2)20-21(28)25(3)14-19(27)24-13-18(26)22-10-6-8-16-7-4-5-9-17(16)29-12-11-23-20;1-6-2-4-7(8)5-3-6;1-2/h4-5,7,9,15,20,23H,6,8,10-14H2,1-3H3,(H,22,26)(H,24,27);2-5H,1H3;1-2H3. The fourth-order valence-corrected chi connectivity index (χ4v) is 3.70. The van der Waals surface area contributed by atoms with Crippen LogP contribution in [0.1, 0.15) is 45.2 Å². The zero-order chi connectivity index (χ0) is 29.2. The molecular formula is C30H45FN4O4. The normalized spacial score (nSPS) is 17.5. The second kappa shape index (κ2) is 18.7. The van der Waals surface area contributed by atoms with Crippen molar-refractivity contribution in [1.82, 2.24) is 20.9 Å². The van der Waals surface area contributed by atoms with Crippen LogP contribution >= 0.6 is 0 Å². The molecule has 2 aromatic carbocycles. The number of halogens is 1. The summed E-state index contributed by atoms with van der Waals surface area (Å²) >= 11 is 0. The van der Waals surface area contributed by atoms with Gasteiger partial charge in [-0.2, -0.15) is 0 Å². The Labute approximate surface area is 232 Å². The molecule has 0 aliphatic carbocycles. The van der Waals surface area contributed by atoms with Gasteiger partial charge in [0.2, 0.25) is 17.7 Å². The summed E-state index contributed by atoms with van der Waals surface area (Å²) in [6.07, 6.45) is 1.54. The molecule has 1 heterocycles. The predicted octanol–water partition coefficient (Wildman–Crippen LogP) is 3.48. The molecule has 8 nitrogen and oxygen atoms in total. The predicted molar refractivity (Wildman–Crippen MR) is 153 cm³/mol. The minimum Gasteiger partial charge on any atom is -0.492 e. The zero-order valence-electron chi connectivity index (χ0n) is 24.2. The van der Waals surface area contributed by atoms with E-state index in [0.717, 1.165) is 29.7 Å². The number of fused-ring (bicyclic) bond motifs is 1. The van der Waals surface area contributed by atoms with Gasteiger partial charge in [0.15, 0.2) is 0 Å². The molecule has 1 atom stereocenters. The lowest BCUT2D eigenvalue weighted by Gasteiger charge is -2.27. The van der Waals surface area contributed by atoms with E-state index in [-0.39, 0.29) is 42.5 Å². The second-order valence-electron chi connectivity index (χ2n) is 9.35. The topological polar surface area (TPSA) is 99.8 Å². The minimum absolute atomic E-state index is 0.0525. The van der Waals surface area contributed by atoms with Crippen molar-refractivity contribution in [2.45, 2.75) is 53.5 Å². The molecule has 216 valence electrons. The van der Waals surface area contributed by atoms with Crippen molar-refractivity contribution in [3.8, 4) is 5.75 Å². The SMILES string of the molecule is CC.CC(C)C1NCCOc2ccccc2CCCNC(=O)CNC(=O)CN(C)C1=O.Cc1ccc(F)cc1. The number of benzene rings is 2. The van der Waals surface area contributed by atoms with Crippen molar-refractivity contribution < 1.29 is 23.5 Å². The lowest BCUT2D eigenvalue weighted by molar-refractivity contribution is -0.137. The summed E-state index contributed by atoms with van der Waals surface area (Å²) in [4.78, 5) is 38.1. The number of ether oxygens (including phenoxy) is 1. The van der Waals surface area contributed by atoms with Crippen LogP contribution in [0, 0.1) is 18.7 Å². The summed E-state index contributed by atoms with van der Waals surface area (Å²) in [5.41, 5.74) is 2.17. The molecule has 1 aliphatic heterocycles. The fraction of sp³-hybridized carbons (Fsp3) is 0.500. The minimum atomic E-state index is -0.422. The summed E-state index contributed by atoms with van der Waals surface area (Å²) in [5, 5.41) is 8.60. The zero-order valence-corrected chi connectivity index (χ0v) is 24.2. The highest BCUT2D eigenvalue weighted by Gasteiger charge is 2.26. The Bertz CT molecular complexity index is 993.